The molecule has 1 aliphatic rings. The van der Waals surface area contributed by atoms with Gasteiger partial charge in [0.25, 0.3) is 0 Å². The molecular weight excluding hydrogens is 363 g/mol. The second kappa shape index (κ2) is 4.06. The van der Waals surface area contributed by atoms with Crippen LogP contribution in [0.2, 0.25) is 0 Å². The quantitative estimate of drug-likeness (QED) is 0.457. The van der Waals surface area contributed by atoms with E-state index in [0.717, 1.165) is 0 Å². The smallest absolute Gasteiger partial charge is 0.231 e. The molecule has 1 heterocycles. The Bertz CT molecular complexity index is 378. The summed E-state index contributed by atoms with van der Waals surface area (Å²) >= 11 is 5.23. The number of para-hydroxylation sites is 1. The number of hydrogen-bond acceptors (Lipinski definition) is 3. The number of Topliss-reactive ketones (excluding diaryl/α,β-unsaturated/α-hetero) is 1. The Kier molecular flexibility index (Phi) is 2.96. The molecule has 0 aliphatic carbocycles. The van der Waals surface area contributed by atoms with E-state index < -0.39 is 0 Å². The largest absolute Gasteiger partial charge is 0.454 e. The minimum atomic E-state index is -0.240. The Morgan fingerprint density at radius 3 is 3.00 bits per heavy atom. The molecule has 0 radical (unpaired) electrons. The fraction of sp³-hybridized carbons (Fsp3) is 0.222. The number of halogens is 2. The van der Waals surface area contributed by atoms with Gasteiger partial charge in [-0.1, -0.05) is 44.6 Å². The van der Waals surface area contributed by atoms with E-state index in [9.17, 15) is 4.79 Å². The number of carbonyl (C=O) groups is 1. The SMILES string of the molecule is O=C(c1cccc2c1OCO2)C(Br)I. The normalized spacial score (nSPS) is 15.3. The highest BCUT2D eigenvalue weighted by atomic mass is 127. The van der Waals surface area contributed by atoms with Crippen LogP contribution >= 0.6 is 38.5 Å². The van der Waals surface area contributed by atoms with Gasteiger partial charge in [0.1, 0.15) is 2.83 Å². The van der Waals surface area contributed by atoms with Gasteiger partial charge in [-0.15, -0.1) is 0 Å². The summed E-state index contributed by atoms with van der Waals surface area (Å²) in [5.74, 6) is 1.19. The first kappa shape index (κ1) is 10.2. The number of carbonyl (C=O) groups excluding carboxylic acids is 1. The zero-order valence-electron chi connectivity index (χ0n) is 7.00. The number of hydrogen-bond donors (Lipinski definition) is 0. The molecule has 0 saturated carbocycles. The van der Waals surface area contributed by atoms with Crippen molar-refractivity contribution < 1.29 is 14.3 Å². The average Bonchev–Trinajstić information content (AvgIpc) is 2.63. The first-order chi connectivity index (χ1) is 6.70. The van der Waals surface area contributed by atoms with Gasteiger partial charge in [0, 0.05) is 0 Å². The summed E-state index contributed by atoms with van der Waals surface area (Å²) in [4.78, 5) is 11.7. The highest BCUT2D eigenvalue weighted by Crippen LogP contribution is 2.36. The van der Waals surface area contributed by atoms with Crippen LogP contribution in [0.25, 0.3) is 0 Å². The predicted octanol–water partition coefficient (Wildman–Crippen LogP) is 2.75. The van der Waals surface area contributed by atoms with Crippen molar-refractivity contribution in [3.63, 3.8) is 0 Å². The fourth-order valence-corrected chi connectivity index (χ4v) is 1.82. The van der Waals surface area contributed by atoms with Gasteiger partial charge in [-0.2, -0.15) is 0 Å². The van der Waals surface area contributed by atoms with Crippen molar-refractivity contribution in [3.05, 3.63) is 23.8 Å². The van der Waals surface area contributed by atoms with E-state index in [0.29, 0.717) is 17.1 Å². The summed E-state index contributed by atoms with van der Waals surface area (Å²) in [6.07, 6.45) is 0. The number of fused-ring (bicyclic) bond motifs is 1. The topological polar surface area (TPSA) is 35.5 Å². The number of ketones is 1. The third kappa shape index (κ3) is 1.75. The molecule has 0 fully saturated rings. The van der Waals surface area contributed by atoms with Crippen molar-refractivity contribution in [2.75, 3.05) is 6.79 Å². The number of benzene rings is 1. The van der Waals surface area contributed by atoms with Gasteiger partial charge in [0.05, 0.1) is 5.56 Å². The van der Waals surface area contributed by atoms with Crippen LogP contribution in [0.3, 0.4) is 0 Å². The summed E-state index contributed by atoms with van der Waals surface area (Å²) < 4.78 is 10.2. The van der Waals surface area contributed by atoms with Crippen LogP contribution in [0, 0.1) is 0 Å². The molecule has 1 unspecified atom stereocenters. The molecule has 0 saturated heterocycles. The van der Waals surface area contributed by atoms with Gasteiger partial charge < -0.3 is 9.47 Å². The van der Waals surface area contributed by atoms with Crippen molar-refractivity contribution in [2.24, 2.45) is 0 Å². The van der Waals surface area contributed by atoms with E-state index in [-0.39, 0.29) is 15.4 Å². The maximum atomic E-state index is 11.7. The van der Waals surface area contributed by atoms with Crippen LogP contribution in [0.5, 0.6) is 11.5 Å². The van der Waals surface area contributed by atoms with E-state index in [1.807, 2.05) is 22.6 Å². The van der Waals surface area contributed by atoms with Crippen LogP contribution in [0.15, 0.2) is 18.2 Å². The molecule has 74 valence electrons. The van der Waals surface area contributed by atoms with Crippen molar-refractivity contribution in [1.29, 1.82) is 0 Å². The molecule has 5 heteroatoms. The summed E-state index contributed by atoms with van der Waals surface area (Å²) in [5.41, 5.74) is 0.566. The Morgan fingerprint density at radius 1 is 1.50 bits per heavy atom. The van der Waals surface area contributed by atoms with Crippen molar-refractivity contribution in [1.82, 2.24) is 0 Å². The average molecular weight is 369 g/mol. The lowest BCUT2D eigenvalue weighted by atomic mass is 10.1. The Morgan fingerprint density at radius 2 is 2.29 bits per heavy atom. The predicted molar refractivity (Wildman–Crippen MR) is 63.6 cm³/mol. The number of rotatable bonds is 2. The molecule has 0 aromatic heterocycles. The van der Waals surface area contributed by atoms with E-state index in [1.165, 1.54) is 0 Å². The van der Waals surface area contributed by atoms with E-state index in [4.69, 9.17) is 9.47 Å². The molecule has 1 aromatic carbocycles. The third-order valence-electron chi connectivity index (χ3n) is 1.86. The van der Waals surface area contributed by atoms with Crippen molar-refractivity contribution >= 4 is 44.3 Å². The highest BCUT2D eigenvalue weighted by molar-refractivity contribution is 14.1. The standard InChI is InChI=1S/C9H6BrIO3/c10-9(11)7(12)5-2-1-3-6-8(5)14-4-13-6/h1-3,9H,4H2. The van der Waals surface area contributed by atoms with E-state index >= 15 is 0 Å². The van der Waals surface area contributed by atoms with Gasteiger partial charge in [0.2, 0.25) is 6.79 Å². The lowest BCUT2D eigenvalue weighted by Gasteiger charge is -2.04. The summed E-state index contributed by atoms with van der Waals surface area (Å²) in [6, 6.07) is 5.31. The first-order valence-electron chi connectivity index (χ1n) is 3.91. The second-order valence-electron chi connectivity index (χ2n) is 2.70. The van der Waals surface area contributed by atoms with Crippen molar-refractivity contribution in [3.8, 4) is 11.5 Å². The number of ether oxygens (including phenoxy) is 2. The van der Waals surface area contributed by atoms with Crippen LogP contribution in [-0.4, -0.2) is 15.4 Å². The molecule has 1 aromatic rings. The van der Waals surface area contributed by atoms with Crippen LogP contribution in [0.4, 0.5) is 0 Å². The van der Waals surface area contributed by atoms with Gasteiger partial charge >= 0.3 is 0 Å². The number of alkyl halides is 2. The summed E-state index contributed by atoms with van der Waals surface area (Å²) in [7, 11) is 0. The molecule has 1 atom stereocenters. The summed E-state index contributed by atoms with van der Waals surface area (Å²) in [5, 5.41) is 0. The maximum absolute atomic E-state index is 11.7. The van der Waals surface area contributed by atoms with Gasteiger partial charge in [-0.05, 0) is 12.1 Å². The molecule has 2 rings (SSSR count). The first-order valence-corrected chi connectivity index (χ1v) is 6.07. The zero-order valence-corrected chi connectivity index (χ0v) is 10.7. The second-order valence-corrected chi connectivity index (χ2v) is 6.58. The van der Waals surface area contributed by atoms with E-state index in [2.05, 4.69) is 15.9 Å². The molecule has 1 aliphatic heterocycles. The fourth-order valence-electron chi connectivity index (χ4n) is 1.24. The minimum Gasteiger partial charge on any atom is -0.454 e. The molecule has 3 nitrogen and oxygen atoms in total. The highest BCUT2D eigenvalue weighted by Gasteiger charge is 2.24. The van der Waals surface area contributed by atoms with Gasteiger partial charge in [-0.25, -0.2) is 0 Å². The Balaban J connectivity index is 2.44. The summed E-state index contributed by atoms with van der Waals surface area (Å²) in [6.45, 7) is 0.188. The van der Waals surface area contributed by atoms with E-state index in [1.54, 1.807) is 18.2 Å². The molecule has 0 spiro atoms. The monoisotopic (exact) mass is 368 g/mol. The maximum Gasteiger partial charge on any atom is 0.231 e. The molecule has 14 heavy (non-hydrogen) atoms. The van der Waals surface area contributed by atoms with Gasteiger partial charge in [-0.3, -0.25) is 4.79 Å². The molecule has 0 bridgehead atoms. The third-order valence-corrected chi connectivity index (χ3v) is 2.84. The lowest BCUT2D eigenvalue weighted by Crippen LogP contribution is -2.08. The minimum absolute atomic E-state index is 0.00653. The van der Waals surface area contributed by atoms with Crippen LogP contribution in [0.1, 0.15) is 10.4 Å². The molecule has 0 N–H and O–H groups in total. The molecule has 0 amide bonds. The molecular formula is C9H6BrIO3. The zero-order chi connectivity index (χ0) is 10.1. The van der Waals surface area contributed by atoms with Gasteiger partial charge in [0.15, 0.2) is 17.3 Å². The lowest BCUT2D eigenvalue weighted by molar-refractivity contribution is 0.101. The Hall–Kier alpha value is -0.300. The van der Waals surface area contributed by atoms with Crippen LogP contribution < -0.4 is 9.47 Å². The van der Waals surface area contributed by atoms with Crippen LogP contribution in [-0.2, 0) is 0 Å². The van der Waals surface area contributed by atoms with Crippen molar-refractivity contribution in [2.45, 2.75) is 2.83 Å². The Labute approximate surface area is 103 Å².